The van der Waals surface area contributed by atoms with Gasteiger partial charge in [-0.1, -0.05) is 57.6 Å². The fourth-order valence-corrected chi connectivity index (χ4v) is 10.2. The number of hydrogen-bond donors (Lipinski definition) is 4. The Kier molecular flexibility index (Phi) is 7.84. The summed E-state index contributed by atoms with van der Waals surface area (Å²) in [5.74, 6) is -0.515. The van der Waals surface area contributed by atoms with E-state index in [0.29, 0.717) is 11.5 Å². The molecule has 47 heavy (non-hydrogen) atoms. The minimum absolute atomic E-state index is 0.0454. The van der Waals surface area contributed by atoms with Crippen LogP contribution < -0.4 is 10.6 Å². The van der Waals surface area contributed by atoms with Gasteiger partial charge in [-0.3, -0.25) is 4.79 Å². The van der Waals surface area contributed by atoms with Crippen LogP contribution in [0.1, 0.15) is 92.1 Å². The molecular weight excluding hydrogens is 592 g/mol. The highest BCUT2D eigenvalue weighted by molar-refractivity contribution is 6.06. The molecule has 7 atom stereocenters. The summed E-state index contributed by atoms with van der Waals surface area (Å²) in [7, 11) is 1.31. The summed E-state index contributed by atoms with van der Waals surface area (Å²) in [4.78, 5) is 39.0. The molecule has 252 valence electrons. The van der Waals surface area contributed by atoms with Gasteiger partial charge in [0.1, 0.15) is 11.8 Å². The molecule has 0 unspecified atom stereocenters. The molecule has 3 fully saturated rings. The van der Waals surface area contributed by atoms with E-state index >= 15 is 0 Å². The van der Waals surface area contributed by atoms with Gasteiger partial charge in [0.05, 0.1) is 7.11 Å². The highest BCUT2D eigenvalue weighted by Gasteiger charge is 2.66. The van der Waals surface area contributed by atoms with E-state index in [-0.39, 0.29) is 45.4 Å². The van der Waals surface area contributed by atoms with Crippen LogP contribution in [0, 0.1) is 27.6 Å². The predicted octanol–water partition coefficient (Wildman–Crippen LogP) is 7.15. The fraction of sp³-hybridized carbons (Fsp3) is 0.564. The number of phenolic OH excluding ortho intramolecular Hbond substituents is 1. The lowest BCUT2D eigenvalue weighted by atomic mass is 9.35. The van der Waals surface area contributed by atoms with E-state index < -0.39 is 23.6 Å². The zero-order valence-corrected chi connectivity index (χ0v) is 28.9. The summed E-state index contributed by atoms with van der Waals surface area (Å²) in [6.45, 7) is 13.6. The number of nitrogens with one attached hydrogen (secondary N) is 2. The zero-order valence-electron chi connectivity index (χ0n) is 28.9. The van der Waals surface area contributed by atoms with Gasteiger partial charge in [-0.2, -0.15) is 0 Å². The molecule has 0 aromatic heterocycles. The quantitative estimate of drug-likeness (QED) is 0.253. The lowest BCUT2D eigenvalue weighted by molar-refractivity contribution is -0.152. The fourth-order valence-electron chi connectivity index (χ4n) is 10.2. The van der Waals surface area contributed by atoms with Gasteiger partial charge in [0.15, 0.2) is 5.76 Å². The van der Waals surface area contributed by atoms with Crippen molar-refractivity contribution in [2.24, 2.45) is 27.6 Å². The largest absolute Gasteiger partial charge is 0.508 e. The first kappa shape index (κ1) is 33.1. The van der Waals surface area contributed by atoms with Gasteiger partial charge in [-0.05, 0) is 116 Å². The summed E-state index contributed by atoms with van der Waals surface area (Å²) in [5.41, 5.74) is 4.05. The maximum absolute atomic E-state index is 13.6. The smallest absolute Gasteiger partial charge is 0.328 e. The molecule has 2 amide bonds. The lowest BCUT2D eigenvalue weighted by Crippen LogP contribution is -2.65. The Morgan fingerprint density at radius 1 is 0.957 bits per heavy atom. The van der Waals surface area contributed by atoms with E-state index in [1.807, 2.05) is 6.92 Å². The van der Waals surface area contributed by atoms with E-state index in [4.69, 9.17) is 4.74 Å². The van der Waals surface area contributed by atoms with Crippen LogP contribution in [-0.4, -0.2) is 46.7 Å². The van der Waals surface area contributed by atoms with Crippen molar-refractivity contribution >= 4 is 17.8 Å². The number of urea groups is 1. The Morgan fingerprint density at radius 3 is 2.32 bits per heavy atom. The summed E-state index contributed by atoms with van der Waals surface area (Å²) in [6.07, 6.45) is 13.0. The number of aromatic hydroxyl groups is 1. The SMILES string of the molecule is COC(=O)[C@H](Cc1ccc(O)cc1)NC(=O)N[C@]1(C)CC[C@]2(C)CC[C@]3(C)C4=CC=C5C(=CC(=O)C(O)=C5C)[C@]4(C)CC[C@@]3(C)[C@@H]2C1. The maximum Gasteiger partial charge on any atom is 0.328 e. The van der Waals surface area contributed by atoms with Gasteiger partial charge < -0.3 is 25.6 Å². The number of benzene rings is 1. The summed E-state index contributed by atoms with van der Waals surface area (Å²) >= 11 is 0. The molecule has 0 heterocycles. The Morgan fingerprint density at radius 2 is 1.64 bits per heavy atom. The number of methoxy groups -OCH3 is 1. The number of ether oxygens (including phenoxy) is 1. The molecule has 0 radical (unpaired) electrons. The second kappa shape index (κ2) is 11.1. The number of amides is 2. The van der Waals surface area contributed by atoms with Crippen LogP contribution >= 0.6 is 0 Å². The van der Waals surface area contributed by atoms with Gasteiger partial charge in [-0.15, -0.1) is 0 Å². The second-order valence-electron chi connectivity index (χ2n) is 16.2. The van der Waals surface area contributed by atoms with Gasteiger partial charge in [0.25, 0.3) is 0 Å². The molecular formula is C39H50N2O6. The second-order valence-corrected chi connectivity index (χ2v) is 16.2. The summed E-state index contributed by atoms with van der Waals surface area (Å²) in [5, 5.41) is 26.3. The monoisotopic (exact) mass is 642 g/mol. The summed E-state index contributed by atoms with van der Waals surface area (Å²) in [6, 6.07) is 5.32. The number of esters is 1. The zero-order chi connectivity index (χ0) is 34.2. The number of aliphatic hydroxyl groups excluding tert-OH is 1. The number of carbonyl (C=O) groups is 3. The normalized spacial score (nSPS) is 36.7. The van der Waals surface area contributed by atoms with Crippen LogP contribution in [0.15, 0.2) is 70.5 Å². The lowest BCUT2D eigenvalue weighted by Gasteiger charge is -2.70. The van der Waals surface area contributed by atoms with Crippen LogP contribution in [0.3, 0.4) is 0 Å². The van der Waals surface area contributed by atoms with Crippen LogP contribution in [0.2, 0.25) is 0 Å². The van der Waals surface area contributed by atoms with E-state index in [1.54, 1.807) is 30.3 Å². The van der Waals surface area contributed by atoms with Crippen LogP contribution in [0.25, 0.3) is 0 Å². The number of allylic oxidation sites excluding steroid dienone is 7. The average molecular weight is 643 g/mol. The number of hydrogen-bond acceptors (Lipinski definition) is 6. The topological polar surface area (TPSA) is 125 Å². The number of carbonyl (C=O) groups excluding carboxylic acids is 3. The number of ketones is 1. The molecule has 6 rings (SSSR count). The van der Waals surface area contributed by atoms with Crippen LogP contribution in [0.5, 0.6) is 5.75 Å². The van der Waals surface area contributed by atoms with Crippen molar-refractivity contribution in [2.75, 3.05) is 7.11 Å². The average Bonchev–Trinajstić information content (AvgIpc) is 3.02. The van der Waals surface area contributed by atoms with E-state index in [0.717, 1.165) is 61.7 Å². The molecule has 8 heteroatoms. The Bertz CT molecular complexity index is 1650. The van der Waals surface area contributed by atoms with Crippen LogP contribution in [0.4, 0.5) is 4.79 Å². The van der Waals surface area contributed by atoms with Crippen molar-refractivity contribution < 1.29 is 29.3 Å². The number of aliphatic hydroxyl groups is 1. The Balaban J connectivity index is 1.26. The first-order valence-electron chi connectivity index (χ1n) is 17.0. The molecule has 4 N–H and O–H groups in total. The molecule has 8 nitrogen and oxygen atoms in total. The van der Waals surface area contributed by atoms with Crippen LogP contribution in [-0.2, 0) is 20.7 Å². The van der Waals surface area contributed by atoms with E-state index in [1.165, 1.54) is 12.7 Å². The van der Waals surface area contributed by atoms with Crippen molar-refractivity contribution in [3.63, 3.8) is 0 Å². The van der Waals surface area contributed by atoms with Gasteiger partial charge in [0.2, 0.25) is 5.78 Å². The van der Waals surface area contributed by atoms with Crippen molar-refractivity contribution in [2.45, 2.75) is 104 Å². The molecule has 5 aliphatic carbocycles. The van der Waals surface area contributed by atoms with Crippen molar-refractivity contribution in [3.8, 4) is 5.75 Å². The molecule has 0 spiro atoms. The molecule has 0 saturated heterocycles. The maximum atomic E-state index is 13.6. The molecule has 0 aliphatic heterocycles. The van der Waals surface area contributed by atoms with Gasteiger partial charge in [-0.25, -0.2) is 9.59 Å². The predicted molar refractivity (Wildman–Crippen MR) is 181 cm³/mol. The van der Waals surface area contributed by atoms with Crippen molar-refractivity contribution in [1.82, 2.24) is 10.6 Å². The minimum atomic E-state index is -0.869. The molecule has 0 bridgehead atoms. The van der Waals surface area contributed by atoms with Crippen molar-refractivity contribution in [1.29, 1.82) is 0 Å². The minimum Gasteiger partial charge on any atom is -0.508 e. The van der Waals surface area contributed by atoms with Crippen molar-refractivity contribution in [3.05, 3.63) is 76.1 Å². The first-order valence-corrected chi connectivity index (χ1v) is 17.0. The Hall–Kier alpha value is -3.81. The van der Waals surface area contributed by atoms with Gasteiger partial charge >= 0.3 is 12.0 Å². The number of phenols is 1. The van der Waals surface area contributed by atoms with E-state index in [2.05, 4.69) is 57.4 Å². The molecule has 3 saturated carbocycles. The highest BCUT2D eigenvalue weighted by Crippen LogP contribution is 2.75. The van der Waals surface area contributed by atoms with Gasteiger partial charge in [0, 0.05) is 22.9 Å². The third-order valence-electron chi connectivity index (χ3n) is 13.5. The third-order valence-corrected chi connectivity index (χ3v) is 13.5. The molecule has 1 aromatic carbocycles. The highest BCUT2D eigenvalue weighted by atomic mass is 16.5. The summed E-state index contributed by atoms with van der Waals surface area (Å²) < 4.78 is 5.02. The molecule has 5 aliphatic rings. The van der Waals surface area contributed by atoms with E-state index in [9.17, 15) is 24.6 Å². The first-order chi connectivity index (χ1) is 22.0. The molecule has 1 aromatic rings. The number of fused-ring (bicyclic) bond motifs is 7. The third kappa shape index (κ3) is 5.14. The standard InChI is InChI=1S/C39H50N2O6/c1-23-26-12-13-30-37(4,27(26)21-29(43)32(23)44)17-19-39(6)31-22-36(3,16-14-35(31,2)15-18-38(30,39)5)41-34(46)40-28(33(45)47-7)20-24-8-10-25(42)11-9-24/h8-13,21,28,31,42,44H,14-20,22H2,1-7H3,(H2,40,41,46)/t28-,31+,35+,36+,37-,38+,39-/m0/s1. The Labute approximate surface area is 278 Å². The number of rotatable bonds is 5.